The summed E-state index contributed by atoms with van der Waals surface area (Å²) >= 11 is 0. The van der Waals surface area contributed by atoms with Crippen LogP contribution in [-0.4, -0.2) is 65.7 Å². The number of morpholine rings is 1. The molecule has 0 unspecified atom stereocenters. The highest BCUT2D eigenvalue weighted by Crippen LogP contribution is 2.36. The van der Waals surface area contributed by atoms with Gasteiger partial charge in [-0.1, -0.05) is 0 Å². The molecule has 7 heteroatoms. The van der Waals surface area contributed by atoms with E-state index in [0.29, 0.717) is 0 Å². The van der Waals surface area contributed by atoms with E-state index in [-0.39, 0.29) is 11.8 Å². The monoisotopic (exact) mass is 345 g/mol. The molecule has 1 aliphatic carbocycles. The Morgan fingerprint density at radius 1 is 1.28 bits per heavy atom. The number of carbonyl (C=O) groups excluding carboxylic acids is 1. The maximum absolute atomic E-state index is 12.6. The Labute approximate surface area is 148 Å². The van der Waals surface area contributed by atoms with Crippen LogP contribution in [0.2, 0.25) is 0 Å². The molecule has 1 aromatic rings. The van der Waals surface area contributed by atoms with Gasteiger partial charge in [-0.25, -0.2) is 9.97 Å². The highest BCUT2D eigenvalue weighted by atomic mass is 16.5. The molecule has 2 aliphatic heterocycles. The molecule has 1 saturated carbocycles. The summed E-state index contributed by atoms with van der Waals surface area (Å²) in [7, 11) is 0. The van der Waals surface area contributed by atoms with Crippen LogP contribution in [0.1, 0.15) is 43.1 Å². The van der Waals surface area contributed by atoms with Gasteiger partial charge < -0.3 is 20.3 Å². The molecule has 0 spiro atoms. The van der Waals surface area contributed by atoms with Gasteiger partial charge in [0.05, 0.1) is 24.4 Å². The van der Waals surface area contributed by atoms with Crippen molar-refractivity contribution in [2.75, 3.05) is 44.3 Å². The number of amides is 1. The second kappa shape index (κ2) is 6.53. The Bertz CT molecular complexity index is 655. The van der Waals surface area contributed by atoms with E-state index in [9.17, 15) is 4.79 Å². The van der Waals surface area contributed by atoms with Crippen LogP contribution < -0.4 is 10.6 Å². The van der Waals surface area contributed by atoms with Crippen LogP contribution in [0.15, 0.2) is 6.07 Å². The van der Waals surface area contributed by atoms with Crippen molar-refractivity contribution in [3.05, 3.63) is 17.6 Å². The summed E-state index contributed by atoms with van der Waals surface area (Å²) in [6.07, 6.45) is 3.70. The SMILES string of the molecule is Cc1nc([C@H]2CCCN(C(=O)C3(N)CC3)C2)cc(N2CCOCC2)n1. The van der Waals surface area contributed by atoms with Crippen LogP contribution in [-0.2, 0) is 9.53 Å². The fraction of sp³-hybridized carbons (Fsp3) is 0.722. The third kappa shape index (κ3) is 3.48. The van der Waals surface area contributed by atoms with Crippen molar-refractivity contribution in [1.82, 2.24) is 14.9 Å². The molecule has 2 N–H and O–H groups in total. The van der Waals surface area contributed by atoms with E-state index in [2.05, 4.69) is 20.9 Å². The molecule has 2 saturated heterocycles. The Morgan fingerprint density at radius 2 is 2.04 bits per heavy atom. The van der Waals surface area contributed by atoms with E-state index in [1.54, 1.807) is 0 Å². The fourth-order valence-electron chi connectivity index (χ4n) is 3.80. The third-order valence-corrected chi connectivity index (χ3v) is 5.52. The number of aryl methyl sites for hydroxylation is 1. The zero-order valence-electron chi connectivity index (χ0n) is 14.9. The van der Waals surface area contributed by atoms with Crippen LogP contribution in [0.3, 0.4) is 0 Å². The zero-order chi connectivity index (χ0) is 17.4. The lowest BCUT2D eigenvalue weighted by atomic mass is 9.93. The summed E-state index contributed by atoms with van der Waals surface area (Å²) in [6.45, 7) is 6.68. The first-order valence-electron chi connectivity index (χ1n) is 9.32. The Hall–Kier alpha value is -1.73. The first-order chi connectivity index (χ1) is 12.0. The number of piperidine rings is 1. The average Bonchev–Trinajstić information content (AvgIpc) is 3.40. The van der Waals surface area contributed by atoms with Crippen molar-refractivity contribution >= 4 is 11.7 Å². The number of nitrogens with two attached hydrogens (primary N) is 1. The second-order valence-electron chi connectivity index (χ2n) is 7.54. The predicted molar refractivity (Wildman–Crippen MR) is 94.5 cm³/mol. The quantitative estimate of drug-likeness (QED) is 0.873. The van der Waals surface area contributed by atoms with Crippen molar-refractivity contribution in [2.45, 2.75) is 44.1 Å². The smallest absolute Gasteiger partial charge is 0.242 e. The molecule has 0 radical (unpaired) electrons. The number of likely N-dealkylation sites (tertiary alicyclic amines) is 1. The van der Waals surface area contributed by atoms with E-state index in [0.717, 1.165) is 82.4 Å². The first kappa shape index (κ1) is 16.7. The van der Waals surface area contributed by atoms with Gasteiger partial charge in [0.2, 0.25) is 5.91 Å². The molecule has 3 fully saturated rings. The standard InChI is InChI=1S/C18H27N5O2/c1-13-20-15(11-16(21-13)22-7-9-25-10-8-22)14-3-2-6-23(12-14)17(24)18(19)4-5-18/h11,14H,2-10,12,19H2,1H3/t14-/m0/s1. The normalized spacial score (nSPS) is 25.8. The summed E-state index contributed by atoms with van der Waals surface area (Å²) in [6, 6.07) is 2.10. The van der Waals surface area contributed by atoms with Crippen LogP contribution in [0.4, 0.5) is 5.82 Å². The minimum atomic E-state index is -0.581. The Balaban J connectivity index is 1.52. The lowest BCUT2D eigenvalue weighted by molar-refractivity contribution is -0.134. The fourth-order valence-corrected chi connectivity index (χ4v) is 3.80. The minimum Gasteiger partial charge on any atom is -0.378 e. The van der Waals surface area contributed by atoms with E-state index < -0.39 is 5.54 Å². The van der Waals surface area contributed by atoms with Crippen LogP contribution >= 0.6 is 0 Å². The van der Waals surface area contributed by atoms with Gasteiger partial charge in [0, 0.05) is 38.2 Å². The van der Waals surface area contributed by atoms with Crippen molar-refractivity contribution in [2.24, 2.45) is 5.73 Å². The molecular formula is C18H27N5O2. The lowest BCUT2D eigenvalue weighted by Gasteiger charge is -2.35. The number of nitrogens with zero attached hydrogens (tertiary/aromatic N) is 4. The number of hydrogen-bond acceptors (Lipinski definition) is 6. The predicted octanol–water partition coefficient (Wildman–Crippen LogP) is 0.819. The second-order valence-corrected chi connectivity index (χ2v) is 7.54. The molecule has 7 nitrogen and oxygen atoms in total. The van der Waals surface area contributed by atoms with E-state index in [1.165, 1.54) is 0 Å². The van der Waals surface area contributed by atoms with E-state index in [4.69, 9.17) is 10.5 Å². The van der Waals surface area contributed by atoms with E-state index in [1.807, 2.05) is 11.8 Å². The highest BCUT2D eigenvalue weighted by Gasteiger charge is 2.48. The molecule has 136 valence electrons. The molecule has 4 rings (SSSR count). The molecule has 0 bridgehead atoms. The average molecular weight is 345 g/mol. The summed E-state index contributed by atoms with van der Waals surface area (Å²) < 4.78 is 5.44. The van der Waals surface area contributed by atoms with Gasteiger partial charge in [-0.05, 0) is 32.6 Å². The zero-order valence-corrected chi connectivity index (χ0v) is 14.9. The Morgan fingerprint density at radius 3 is 2.76 bits per heavy atom. The number of hydrogen-bond donors (Lipinski definition) is 1. The van der Waals surface area contributed by atoms with Gasteiger partial charge in [-0.15, -0.1) is 0 Å². The van der Waals surface area contributed by atoms with Crippen molar-refractivity contribution in [1.29, 1.82) is 0 Å². The molecular weight excluding hydrogens is 318 g/mol. The largest absolute Gasteiger partial charge is 0.378 e. The van der Waals surface area contributed by atoms with Crippen LogP contribution in [0.25, 0.3) is 0 Å². The Kier molecular flexibility index (Phi) is 4.37. The number of carbonyl (C=O) groups is 1. The molecule has 25 heavy (non-hydrogen) atoms. The topological polar surface area (TPSA) is 84.6 Å². The summed E-state index contributed by atoms with van der Waals surface area (Å²) in [5, 5.41) is 0. The van der Waals surface area contributed by atoms with Gasteiger partial charge in [0.25, 0.3) is 0 Å². The van der Waals surface area contributed by atoms with Crippen LogP contribution in [0.5, 0.6) is 0 Å². The van der Waals surface area contributed by atoms with Crippen molar-refractivity contribution in [3.8, 4) is 0 Å². The van der Waals surface area contributed by atoms with Crippen molar-refractivity contribution in [3.63, 3.8) is 0 Å². The van der Waals surface area contributed by atoms with Gasteiger partial charge in [-0.2, -0.15) is 0 Å². The van der Waals surface area contributed by atoms with Crippen molar-refractivity contribution < 1.29 is 9.53 Å². The number of ether oxygens (including phenoxy) is 1. The number of anilines is 1. The number of aromatic nitrogens is 2. The van der Waals surface area contributed by atoms with Gasteiger partial charge >= 0.3 is 0 Å². The van der Waals surface area contributed by atoms with Gasteiger partial charge in [0.15, 0.2) is 0 Å². The maximum atomic E-state index is 12.6. The number of rotatable bonds is 3. The van der Waals surface area contributed by atoms with Crippen LogP contribution in [0, 0.1) is 6.92 Å². The molecule has 1 aromatic heterocycles. The molecule has 1 amide bonds. The molecule has 3 aliphatic rings. The highest BCUT2D eigenvalue weighted by molar-refractivity contribution is 5.89. The first-order valence-corrected chi connectivity index (χ1v) is 9.32. The summed E-state index contributed by atoms with van der Waals surface area (Å²) in [5.41, 5.74) is 6.58. The summed E-state index contributed by atoms with van der Waals surface area (Å²) in [5.74, 6) is 2.16. The van der Waals surface area contributed by atoms with Gasteiger partial charge in [0.1, 0.15) is 11.6 Å². The third-order valence-electron chi connectivity index (χ3n) is 5.52. The molecule has 0 aromatic carbocycles. The maximum Gasteiger partial charge on any atom is 0.242 e. The minimum absolute atomic E-state index is 0.122. The lowest BCUT2D eigenvalue weighted by Crippen LogP contribution is -2.49. The molecule has 1 atom stereocenters. The van der Waals surface area contributed by atoms with E-state index >= 15 is 0 Å². The molecule has 3 heterocycles. The summed E-state index contributed by atoms with van der Waals surface area (Å²) in [4.78, 5) is 26.1. The van der Waals surface area contributed by atoms with Gasteiger partial charge in [-0.3, -0.25) is 4.79 Å².